The molecule has 7 nitrogen and oxygen atoms in total. The summed E-state index contributed by atoms with van der Waals surface area (Å²) in [4.78, 5) is 26.0. The average molecular weight is 284 g/mol. The van der Waals surface area contributed by atoms with Crippen LogP contribution in [0, 0.1) is 17.0 Å². The Balaban J connectivity index is 2.09. The zero-order valence-corrected chi connectivity index (χ0v) is 11.2. The van der Waals surface area contributed by atoms with Crippen molar-refractivity contribution in [2.24, 2.45) is 5.10 Å². The molecule has 0 fully saturated rings. The highest BCUT2D eigenvalue weighted by molar-refractivity contribution is 5.95. The molecule has 0 unspecified atom stereocenters. The molecule has 1 N–H and O–H groups in total. The predicted molar refractivity (Wildman–Crippen MR) is 77.1 cm³/mol. The Hall–Kier alpha value is -3.09. The molecule has 0 atom stereocenters. The summed E-state index contributed by atoms with van der Waals surface area (Å²) in [6.07, 6.45) is 4.67. The maximum absolute atomic E-state index is 11.9. The van der Waals surface area contributed by atoms with Gasteiger partial charge < -0.3 is 0 Å². The first-order chi connectivity index (χ1) is 10.1. The van der Waals surface area contributed by atoms with Crippen LogP contribution in [-0.4, -0.2) is 22.0 Å². The number of nitro groups is 1. The van der Waals surface area contributed by atoms with Crippen LogP contribution in [0.25, 0.3) is 0 Å². The molecule has 0 aliphatic carbocycles. The van der Waals surface area contributed by atoms with E-state index in [9.17, 15) is 14.9 Å². The van der Waals surface area contributed by atoms with Crippen LogP contribution in [0.3, 0.4) is 0 Å². The number of carbonyl (C=O) groups excluding carboxylic acids is 1. The minimum Gasteiger partial charge on any atom is -0.267 e. The van der Waals surface area contributed by atoms with Crippen molar-refractivity contribution in [3.05, 3.63) is 69.5 Å². The second-order valence-corrected chi connectivity index (χ2v) is 4.24. The van der Waals surface area contributed by atoms with Crippen LogP contribution in [0.4, 0.5) is 5.69 Å². The van der Waals surface area contributed by atoms with Crippen LogP contribution in [0.2, 0.25) is 0 Å². The van der Waals surface area contributed by atoms with Gasteiger partial charge >= 0.3 is 0 Å². The van der Waals surface area contributed by atoms with E-state index < -0.39 is 10.8 Å². The van der Waals surface area contributed by atoms with Gasteiger partial charge in [0.05, 0.1) is 11.1 Å². The van der Waals surface area contributed by atoms with Gasteiger partial charge in [0.25, 0.3) is 11.6 Å². The Morgan fingerprint density at radius 1 is 1.33 bits per heavy atom. The average Bonchev–Trinajstić information content (AvgIpc) is 2.48. The van der Waals surface area contributed by atoms with Gasteiger partial charge in [-0.05, 0) is 30.7 Å². The van der Waals surface area contributed by atoms with E-state index in [2.05, 4.69) is 15.5 Å². The molecule has 0 bridgehead atoms. The molecule has 1 aromatic heterocycles. The molecule has 0 aliphatic rings. The second kappa shape index (κ2) is 6.38. The number of hydrogen-bond donors (Lipinski definition) is 1. The lowest BCUT2D eigenvalue weighted by Gasteiger charge is -2.02. The number of nitrogens with one attached hydrogen (secondary N) is 1. The number of hydrazone groups is 1. The van der Waals surface area contributed by atoms with Crippen molar-refractivity contribution in [3.63, 3.8) is 0 Å². The molecule has 21 heavy (non-hydrogen) atoms. The van der Waals surface area contributed by atoms with Crippen molar-refractivity contribution in [1.82, 2.24) is 10.4 Å². The normalized spacial score (nSPS) is 10.5. The number of pyridine rings is 1. The number of rotatable bonds is 4. The molecule has 0 radical (unpaired) electrons. The molecule has 1 amide bonds. The van der Waals surface area contributed by atoms with E-state index in [4.69, 9.17) is 0 Å². The lowest BCUT2D eigenvalue weighted by atomic mass is 10.1. The SMILES string of the molecule is Cc1ccc(C(=O)NN=Cc2ccncc2)cc1[N+](=O)[O-]. The van der Waals surface area contributed by atoms with Gasteiger partial charge in [0.2, 0.25) is 0 Å². The minimum absolute atomic E-state index is 0.0965. The molecule has 7 heteroatoms. The van der Waals surface area contributed by atoms with Crippen molar-refractivity contribution < 1.29 is 9.72 Å². The topological polar surface area (TPSA) is 97.5 Å². The number of amides is 1. The van der Waals surface area contributed by atoms with Crippen molar-refractivity contribution in [1.29, 1.82) is 0 Å². The number of nitrogens with zero attached hydrogens (tertiary/aromatic N) is 3. The van der Waals surface area contributed by atoms with E-state index in [1.165, 1.54) is 24.4 Å². The van der Waals surface area contributed by atoms with E-state index >= 15 is 0 Å². The van der Waals surface area contributed by atoms with Crippen molar-refractivity contribution in [2.75, 3.05) is 0 Å². The number of nitro benzene ring substituents is 1. The molecule has 0 spiro atoms. The summed E-state index contributed by atoms with van der Waals surface area (Å²) in [5.41, 5.74) is 3.68. The van der Waals surface area contributed by atoms with Crippen LogP contribution in [0.15, 0.2) is 47.8 Å². The van der Waals surface area contributed by atoms with E-state index in [-0.39, 0.29) is 11.3 Å². The molecule has 0 aliphatic heterocycles. The molecule has 0 saturated carbocycles. The van der Waals surface area contributed by atoms with Gasteiger partial charge in [-0.1, -0.05) is 6.07 Å². The molecule has 106 valence electrons. The maximum atomic E-state index is 11.9. The Kier molecular flexibility index (Phi) is 4.35. The predicted octanol–water partition coefficient (Wildman–Crippen LogP) is 2.06. The fourth-order valence-electron chi connectivity index (χ4n) is 1.63. The zero-order valence-electron chi connectivity index (χ0n) is 11.2. The van der Waals surface area contributed by atoms with Gasteiger partial charge in [-0.2, -0.15) is 5.10 Å². The van der Waals surface area contributed by atoms with Crippen molar-refractivity contribution in [2.45, 2.75) is 6.92 Å². The van der Waals surface area contributed by atoms with Gasteiger partial charge in [0.1, 0.15) is 0 Å². The highest BCUT2D eigenvalue weighted by atomic mass is 16.6. The minimum atomic E-state index is -0.521. The van der Waals surface area contributed by atoms with Gasteiger partial charge in [-0.15, -0.1) is 0 Å². The molecule has 0 saturated heterocycles. The third-order valence-corrected chi connectivity index (χ3v) is 2.75. The highest BCUT2D eigenvalue weighted by Crippen LogP contribution is 2.19. The highest BCUT2D eigenvalue weighted by Gasteiger charge is 2.14. The van der Waals surface area contributed by atoms with E-state index in [0.29, 0.717) is 5.56 Å². The number of hydrogen-bond acceptors (Lipinski definition) is 5. The third-order valence-electron chi connectivity index (χ3n) is 2.75. The van der Waals surface area contributed by atoms with E-state index in [1.807, 2.05) is 0 Å². The van der Waals surface area contributed by atoms with Crippen molar-refractivity contribution in [3.8, 4) is 0 Å². The first-order valence-corrected chi connectivity index (χ1v) is 6.06. The number of aryl methyl sites for hydroxylation is 1. The largest absolute Gasteiger partial charge is 0.273 e. The maximum Gasteiger partial charge on any atom is 0.273 e. The molecular weight excluding hydrogens is 272 g/mol. The summed E-state index contributed by atoms with van der Waals surface area (Å²) >= 11 is 0. The number of carbonyl (C=O) groups is 1. The summed E-state index contributed by atoms with van der Waals surface area (Å²) in [7, 11) is 0. The quantitative estimate of drug-likeness (QED) is 0.528. The summed E-state index contributed by atoms with van der Waals surface area (Å²) in [5.74, 6) is -0.511. The first-order valence-electron chi connectivity index (χ1n) is 6.06. The molecule has 1 aromatic carbocycles. The van der Waals surface area contributed by atoms with Crippen LogP contribution in [0.1, 0.15) is 21.5 Å². The number of benzene rings is 1. The van der Waals surface area contributed by atoms with Crippen LogP contribution in [0.5, 0.6) is 0 Å². The van der Waals surface area contributed by atoms with Gasteiger partial charge in [-0.3, -0.25) is 19.9 Å². The molecule has 1 heterocycles. The van der Waals surface area contributed by atoms with Gasteiger partial charge in [0.15, 0.2) is 0 Å². The van der Waals surface area contributed by atoms with Gasteiger partial charge in [0, 0.05) is 29.6 Å². The van der Waals surface area contributed by atoms with E-state index in [1.54, 1.807) is 31.5 Å². The molecular formula is C14H12N4O3. The summed E-state index contributed by atoms with van der Waals surface area (Å²) in [6, 6.07) is 7.73. The number of aromatic nitrogens is 1. The Labute approximate surface area is 120 Å². The summed E-state index contributed by atoms with van der Waals surface area (Å²) < 4.78 is 0. The van der Waals surface area contributed by atoms with Gasteiger partial charge in [-0.25, -0.2) is 5.43 Å². The lowest BCUT2D eigenvalue weighted by Crippen LogP contribution is -2.17. The Bertz CT molecular complexity index is 699. The standard InChI is InChI=1S/C14H12N4O3/c1-10-2-3-12(8-13(10)18(20)21)14(19)17-16-9-11-4-6-15-7-5-11/h2-9H,1H3,(H,17,19). The van der Waals surface area contributed by atoms with Crippen LogP contribution in [-0.2, 0) is 0 Å². The Morgan fingerprint density at radius 2 is 2.05 bits per heavy atom. The smallest absolute Gasteiger partial charge is 0.267 e. The summed E-state index contributed by atoms with van der Waals surface area (Å²) in [6.45, 7) is 1.61. The van der Waals surface area contributed by atoms with Crippen molar-refractivity contribution >= 4 is 17.8 Å². The lowest BCUT2D eigenvalue weighted by molar-refractivity contribution is -0.385. The van der Waals surface area contributed by atoms with E-state index in [0.717, 1.165) is 5.56 Å². The fraction of sp³-hybridized carbons (Fsp3) is 0.0714. The van der Waals surface area contributed by atoms with Crippen LogP contribution >= 0.6 is 0 Å². The Morgan fingerprint density at radius 3 is 2.71 bits per heavy atom. The monoisotopic (exact) mass is 284 g/mol. The zero-order chi connectivity index (χ0) is 15.2. The fourth-order valence-corrected chi connectivity index (χ4v) is 1.63. The molecule has 2 rings (SSSR count). The van der Waals surface area contributed by atoms with Crippen LogP contribution < -0.4 is 5.43 Å². The molecule has 2 aromatic rings. The first kappa shape index (κ1) is 14.3. The second-order valence-electron chi connectivity index (χ2n) is 4.24. The third kappa shape index (κ3) is 3.69. The summed E-state index contributed by atoms with van der Waals surface area (Å²) in [5, 5.41) is 14.6.